The topological polar surface area (TPSA) is 75.6 Å². The first-order chi connectivity index (χ1) is 8.81. The third kappa shape index (κ3) is 4.55. The Balaban J connectivity index is 2.66. The van der Waals surface area contributed by atoms with Gasteiger partial charge in [-0.05, 0) is 54.4 Å². The molecule has 6 heteroatoms. The number of hydrogen-bond donors (Lipinski definition) is 2. The number of hydrogen-bond acceptors (Lipinski definition) is 3. The number of halogens is 1. The number of aliphatic carboxylic acids is 1. The maximum absolute atomic E-state index is 11.7. The number of benzene rings is 1. The van der Waals surface area contributed by atoms with E-state index in [0.717, 1.165) is 10.0 Å². The number of carbonyl (C=O) groups excluding carboxylic acids is 1. The van der Waals surface area contributed by atoms with Gasteiger partial charge in [0.05, 0.1) is 4.47 Å². The second-order valence-corrected chi connectivity index (χ2v) is 5.12. The summed E-state index contributed by atoms with van der Waals surface area (Å²) < 4.78 is 6.24. The van der Waals surface area contributed by atoms with Crippen molar-refractivity contribution in [3.63, 3.8) is 0 Å². The number of amides is 1. The molecule has 0 spiro atoms. The van der Waals surface area contributed by atoms with Crippen molar-refractivity contribution in [1.29, 1.82) is 0 Å². The van der Waals surface area contributed by atoms with Crippen LogP contribution in [0.25, 0.3) is 0 Å². The molecule has 2 N–H and O–H groups in total. The highest BCUT2D eigenvalue weighted by molar-refractivity contribution is 9.10. The van der Waals surface area contributed by atoms with Gasteiger partial charge in [0, 0.05) is 0 Å². The smallest absolute Gasteiger partial charge is 0.325 e. The Morgan fingerprint density at radius 2 is 2.00 bits per heavy atom. The molecule has 1 aromatic rings. The van der Waals surface area contributed by atoms with Crippen molar-refractivity contribution in [3.05, 3.63) is 28.2 Å². The SMILES string of the molecule is Cc1ccc(OC(C)C(=O)N[C@@H](C)C(=O)O)c(Br)c1. The summed E-state index contributed by atoms with van der Waals surface area (Å²) >= 11 is 3.35. The molecule has 1 unspecified atom stereocenters. The highest BCUT2D eigenvalue weighted by Crippen LogP contribution is 2.26. The van der Waals surface area contributed by atoms with E-state index in [4.69, 9.17) is 9.84 Å². The van der Waals surface area contributed by atoms with Crippen molar-refractivity contribution in [2.45, 2.75) is 32.9 Å². The molecule has 0 aliphatic rings. The van der Waals surface area contributed by atoms with Gasteiger partial charge in [0.15, 0.2) is 6.10 Å². The van der Waals surface area contributed by atoms with E-state index in [2.05, 4.69) is 21.2 Å². The normalized spacial score (nSPS) is 13.5. The molecule has 0 heterocycles. The highest BCUT2D eigenvalue weighted by Gasteiger charge is 2.20. The lowest BCUT2D eigenvalue weighted by molar-refractivity contribution is -0.142. The van der Waals surface area contributed by atoms with E-state index in [1.165, 1.54) is 6.92 Å². The lowest BCUT2D eigenvalue weighted by Crippen LogP contribution is -2.44. The largest absolute Gasteiger partial charge is 0.480 e. The molecule has 1 amide bonds. The Labute approximate surface area is 120 Å². The molecule has 0 bridgehead atoms. The molecule has 19 heavy (non-hydrogen) atoms. The van der Waals surface area contributed by atoms with Crippen LogP contribution in [0, 0.1) is 6.92 Å². The Morgan fingerprint density at radius 1 is 1.37 bits per heavy atom. The number of aryl methyl sites for hydroxylation is 1. The zero-order valence-electron chi connectivity index (χ0n) is 10.9. The van der Waals surface area contributed by atoms with Crippen LogP contribution in [-0.4, -0.2) is 29.1 Å². The predicted molar refractivity (Wildman–Crippen MR) is 74.2 cm³/mol. The van der Waals surface area contributed by atoms with Gasteiger partial charge in [0.2, 0.25) is 0 Å². The van der Waals surface area contributed by atoms with Crippen molar-refractivity contribution >= 4 is 27.8 Å². The van der Waals surface area contributed by atoms with Gasteiger partial charge in [-0.2, -0.15) is 0 Å². The third-order valence-electron chi connectivity index (χ3n) is 2.49. The van der Waals surface area contributed by atoms with Crippen LogP contribution in [0.1, 0.15) is 19.4 Å². The molecule has 0 fully saturated rings. The number of ether oxygens (including phenoxy) is 1. The average Bonchev–Trinajstić information content (AvgIpc) is 2.32. The van der Waals surface area contributed by atoms with Gasteiger partial charge in [-0.15, -0.1) is 0 Å². The van der Waals surface area contributed by atoms with E-state index < -0.39 is 24.0 Å². The van der Waals surface area contributed by atoms with Crippen LogP contribution in [0.5, 0.6) is 5.75 Å². The van der Waals surface area contributed by atoms with Crippen LogP contribution in [0.4, 0.5) is 0 Å². The first-order valence-electron chi connectivity index (χ1n) is 5.77. The maximum atomic E-state index is 11.7. The number of carbonyl (C=O) groups is 2. The lowest BCUT2D eigenvalue weighted by atomic mass is 10.2. The molecule has 0 saturated heterocycles. The molecule has 5 nitrogen and oxygen atoms in total. The number of rotatable bonds is 5. The van der Waals surface area contributed by atoms with E-state index >= 15 is 0 Å². The van der Waals surface area contributed by atoms with Crippen molar-refractivity contribution in [3.8, 4) is 5.75 Å². The lowest BCUT2D eigenvalue weighted by Gasteiger charge is -2.17. The van der Waals surface area contributed by atoms with Crippen LogP contribution in [0.2, 0.25) is 0 Å². The molecule has 104 valence electrons. The van der Waals surface area contributed by atoms with Gasteiger partial charge in [0.1, 0.15) is 11.8 Å². The maximum Gasteiger partial charge on any atom is 0.325 e. The Kier molecular flexibility index (Phi) is 5.35. The zero-order valence-corrected chi connectivity index (χ0v) is 12.5. The van der Waals surface area contributed by atoms with Crippen LogP contribution in [0.15, 0.2) is 22.7 Å². The van der Waals surface area contributed by atoms with Crippen LogP contribution in [-0.2, 0) is 9.59 Å². The molecule has 0 radical (unpaired) electrons. The van der Waals surface area contributed by atoms with Crippen molar-refractivity contribution in [2.24, 2.45) is 0 Å². The Hall–Kier alpha value is -1.56. The molecule has 1 rings (SSSR count). The molecule has 2 atom stereocenters. The summed E-state index contributed by atoms with van der Waals surface area (Å²) in [7, 11) is 0. The molecule has 0 aliphatic heterocycles. The first kappa shape index (κ1) is 15.5. The van der Waals surface area contributed by atoms with E-state index in [1.54, 1.807) is 13.0 Å². The third-order valence-corrected chi connectivity index (χ3v) is 3.11. The minimum Gasteiger partial charge on any atom is -0.480 e. The van der Waals surface area contributed by atoms with E-state index in [-0.39, 0.29) is 0 Å². The minimum atomic E-state index is -1.09. The zero-order chi connectivity index (χ0) is 14.6. The summed E-state index contributed by atoms with van der Waals surface area (Å²) in [5.74, 6) is -1.02. The van der Waals surface area contributed by atoms with Gasteiger partial charge in [0.25, 0.3) is 5.91 Å². The second-order valence-electron chi connectivity index (χ2n) is 4.26. The summed E-state index contributed by atoms with van der Waals surface area (Å²) in [5, 5.41) is 11.1. The van der Waals surface area contributed by atoms with Crippen LogP contribution in [0.3, 0.4) is 0 Å². The minimum absolute atomic E-state index is 0.470. The van der Waals surface area contributed by atoms with Gasteiger partial charge < -0.3 is 15.2 Å². The second kappa shape index (κ2) is 6.56. The standard InChI is InChI=1S/C13H16BrNO4/c1-7-4-5-11(10(14)6-7)19-9(3)12(16)15-8(2)13(17)18/h4-6,8-9H,1-3H3,(H,15,16)(H,17,18)/t8-,9?/m0/s1. The van der Waals surface area contributed by atoms with Crippen LogP contribution < -0.4 is 10.1 Å². The molecule has 0 saturated carbocycles. The molecular formula is C13H16BrNO4. The fourth-order valence-corrected chi connectivity index (χ4v) is 1.92. The summed E-state index contributed by atoms with van der Waals surface area (Å²) in [6, 6.07) is 4.55. The first-order valence-corrected chi connectivity index (χ1v) is 6.56. The Bertz CT molecular complexity index is 490. The number of carboxylic acid groups (broad SMARTS) is 1. The fraction of sp³-hybridized carbons (Fsp3) is 0.385. The average molecular weight is 330 g/mol. The number of carboxylic acids is 1. The van der Waals surface area contributed by atoms with Gasteiger partial charge in [-0.3, -0.25) is 9.59 Å². The van der Waals surface area contributed by atoms with Crippen LogP contribution >= 0.6 is 15.9 Å². The number of nitrogens with one attached hydrogen (secondary N) is 1. The summed E-state index contributed by atoms with van der Waals surface area (Å²) in [6.07, 6.45) is -0.777. The van der Waals surface area contributed by atoms with E-state index in [9.17, 15) is 9.59 Å². The van der Waals surface area contributed by atoms with Crippen molar-refractivity contribution in [1.82, 2.24) is 5.32 Å². The molecule has 1 aromatic carbocycles. The Morgan fingerprint density at radius 3 is 2.53 bits per heavy atom. The monoisotopic (exact) mass is 329 g/mol. The molecule has 0 aliphatic carbocycles. The fourth-order valence-electron chi connectivity index (χ4n) is 1.34. The van der Waals surface area contributed by atoms with Gasteiger partial charge >= 0.3 is 5.97 Å². The predicted octanol–water partition coefficient (Wildman–Crippen LogP) is 2.11. The highest BCUT2D eigenvalue weighted by atomic mass is 79.9. The molecular weight excluding hydrogens is 314 g/mol. The van der Waals surface area contributed by atoms with E-state index in [1.807, 2.05) is 19.1 Å². The van der Waals surface area contributed by atoms with Gasteiger partial charge in [-0.25, -0.2) is 0 Å². The van der Waals surface area contributed by atoms with Crippen molar-refractivity contribution < 1.29 is 19.4 Å². The van der Waals surface area contributed by atoms with Crippen molar-refractivity contribution in [2.75, 3.05) is 0 Å². The summed E-state index contributed by atoms with van der Waals surface area (Å²) in [5.41, 5.74) is 1.07. The summed E-state index contributed by atoms with van der Waals surface area (Å²) in [4.78, 5) is 22.4. The quantitative estimate of drug-likeness (QED) is 0.867. The molecule has 0 aromatic heterocycles. The van der Waals surface area contributed by atoms with Gasteiger partial charge in [-0.1, -0.05) is 6.07 Å². The summed E-state index contributed by atoms with van der Waals surface area (Å²) in [6.45, 7) is 4.91. The van der Waals surface area contributed by atoms with E-state index in [0.29, 0.717) is 5.75 Å².